The first kappa shape index (κ1) is 34.3. The fourth-order valence-corrected chi connectivity index (χ4v) is 5.69. The minimum absolute atomic E-state index is 0.000103. The molecule has 1 aliphatic rings. The van der Waals surface area contributed by atoms with Crippen LogP contribution in [0.1, 0.15) is 49.8 Å². The second-order valence-corrected chi connectivity index (χ2v) is 12.1. The van der Waals surface area contributed by atoms with Crippen molar-refractivity contribution in [3.63, 3.8) is 0 Å². The predicted octanol–water partition coefficient (Wildman–Crippen LogP) is 5.59. The number of nitrogens with one attached hydrogen (secondary N) is 2. The lowest BCUT2D eigenvalue weighted by Gasteiger charge is -2.22. The van der Waals surface area contributed by atoms with Crippen LogP contribution in [0.4, 0.5) is 4.79 Å². The lowest BCUT2D eigenvalue weighted by molar-refractivity contribution is -0.167. The molecule has 2 amide bonds. The number of carboxylic acid groups (broad SMARTS) is 1. The molecule has 0 spiro atoms. The number of esters is 1. The Labute approximate surface area is 273 Å². The maximum atomic E-state index is 13.4. The smallest absolute Gasteiger partial charge is 0.407 e. The molecule has 1 aliphatic carbocycles. The van der Waals surface area contributed by atoms with Crippen LogP contribution in [0.15, 0.2) is 66.7 Å². The van der Waals surface area contributed by atoms with Gasteiger partial charge in [0.1, 0.15) is 18.4 Å². The van der Waals surface area contributed by atoms with Crippen molar-refractivity contribution in [2.24, 2.45) is 11.8 Å². The Kier molecular flexibility index (Phi) is 11.7. The number of carbonyl (C=O) groups excluding carboxylic acids is 3. The van der Waals surface area contributed by atoms with Gasteiger partial charge >= 0.3 is 18.0 Å². The fourth-order valence-electron chi connectivity index (χ4n) is 5.41. The van der Waals surface area contributed by atoms with E-state index in [9.17, 15) is 24.3 Å². The van der Waals surface area contributed by atoms with Gasteiger partial charge in [-0.1, -0.05) is 87.0 Å². The number of rotatable bonds is 14. The second-order valence-electron chi connectivity index (χ2n) is 11.7. The summed E-state index contributed by atoms with van der Waals surface area (Å²) in [7, 11) is 1.49. The second kappa shape index (κ2) is 15.6. The topological polar surface area (TPSA) is 140 Å². The molecular formula is C35H39ClN2O8. The van der Waals surface area contributed by atoms with Crippen molar-refractivity contribution in [3.05, 3.63) is 88.4 Å². The molecule has 4 rings (SSSR count). The molecule has 3 aromatic carbocycles. The minimum Gasteiger partial charge on any atom is -0.495 e. The first-order valence-corrected chi connectivity index (χ1v) is 15.5. The van der Waals surface area contributed by atoms with Crippen LogP contribution in [0.25, 0.3) is 11.1 Å². The van der Waals surface area contributed by atoms with Crippen LogP contribution in [0.3, 0.4) is 0 Å². The molecule has 46 heavy (non-hydrogen) atoms. The number of aliphatic carboxylic acids is 1. The molecule has 3 N–H and O–H groups in total. The number of ether oxygens (including phenoxy) is 3. The van der Waals surface area contributed by atoms with Gasteiger partial charge < -0.3 is 30.0 Å². The number of fused-ring (bicyclic) bond motifs is 3. The molecule has 244 valence electrons. The predicted molar refractivity (Wildman–Crippen MR) is 173 cm³/mol. The van der Waals surface area contributed by atoms with E-state index >= 15 is 0 Å². The summed E-state index contributed by atoms with van der Waals surface area (Å²) < 4.78 is 16.1. The van der Waals surface area contributed by atoms with E-state index < -0.39 is 42.0 Å². The molecule has 0 fully saturated rings. The van der Waals surface area contributed by atoms with E-state index in [1.165, 1.54) is 14.0 Å². The van der Waals surface area contributed by atoms with Crippen LogP contribution >= 0.6 is 11.6 Å². The largest absolute Gasteiger partial charge is 0.495 e. The summed E-state index contributed by atoms with van der Waals surface area (Å²) in [5, 5.41) is 15.1. The van der Waals surface area contributed by atoms with Gasteiger partial charge in [-0.05, 0) is 52.3 Å². The number of amides is 2. The van der Waals surface area contributed by atoms with Gasteiger partial charge in [0.15, 0.2) is 6.10 Å². The van der Waals surface area contributed by atoms with Crippen molar-refractivity contribution in [2.75, 3.05) is 20.3 Å². The van der Waals surface area contributed by atoms with Crippen molar-refractivity contribution >= 4 is 35.5 Å². The summed E-state index contributed by atoms with van der Waals surface area (Å²) in [6, 6.07) is 19.9. The van der Waals surface area contributed by atoms with Crippen LogP contribution < -0.4 is 15.4 Å². The molecule has 3 atom stereocenters. The SMILES string of the molecule is COc1ccc(C[C@@H](NC(=O)OCC2c3ccccc3-c3ccccc32)C(=O)NC[C@@H](C)C(=O)O[C@@H](CC(C)C)C(=O)O)cc1Cl. The zero-order chi connectivity index (χ0) is 33.4. The molecule has 0 bridgehead atoms. The van der Waals surface area contributed by atoms with Crippen LogP contribution in [0.5, 0.6) is 5.75 Å². The van der Waals surface area contributed by atoms with E-state index in [2.05, 4.69) is 10.6 Å². The Morgan fingerprint density at radius 3 is 2.13 bits per heavy atom. The highest BCUT2D eigenvalue weighted by molar-refractivity contribution is 6.32. The van der Waals surface area contributed by atoms with Crippen molar-refractivity contribution in [2.45, 2.75) is 51.7 Å². The van der Waals surface area contributed by atoms with Crippen LogP contribution in [-0.4, -0.2) is 61.5 Å². The van der Waals surface area contributed by atoms with Gasteiger partial charge in [0, 0.05) is 18.9 Å². The third-order valence-corrected chi connectivity index (χ3v) is 8.11. The standard InChI is InChI=1S/C35H39ClN2O8/c1-20(2)15-31(33(40)41)46-34(42)21(3)18-37-32(39)29(17-22-13-14-30(44-4)28(36)16-22)38-35(43)45-19-27-25-11-7-5-9-23(25)24-10-6-8-12-26(24)27/h5-14,16,20-21,27,29,31H,15,17-19H2,1-4H3,(H,37,39)(H,38,43)(H,40,41)/t21-,29-,31+/m1/s1. The molecule has 0 aromatic heterocycles. The van der Waals surface area contributed by atoms with Crippen molar-refractivity contribution in [1.29, 1.82) is 0 Å². The quantitative estimate of drug-likeness (QED) is 0.192. The van der Waals surface area contributed by atoms with Gasteiger partial charge in [0.25, 0.3) is 0 Å². The first-order chi connectivity index (χ1) is 22.0. The normalized spacial score (nSPS) is 14.0. The third-order valence-electron chi connectivity index (χ3n) is 7.81. The Morgan fingerprint density at radius 1 is 0.935 bits per heavy atom. The summed E-state index contributed by atoms with van der Waals surface area (Å²) in [4.78, 5) is 50.7. The van der Waals surface area contributed by atoms with Gasteiger partial charge in [-0.2, -0.15) is 0 Å². The van der Waals surface area contributed by atoms with Gasteiger partial charge in [0.2, 0.25) is 5.91 Å². The number of hydrogen-bond donors (Lipinski definition) is 3. The Bertz CT molecular complexity index is 1530. The van der Waals surface area contributed by atoms with Gasteiger partial charge in [-0.15, -0.1) is 0 Å². The van der Waals surface area contributed by atoms with Crippen LogP contribution in [0.2, 0.25) is 5.02 Å². The van der Waals surface area contributed by atoms with E-state index in [0.717, 1.165) is 22.3 Å². The Balaban J connectivity index is 1.43. The third kappa shape index (κ3) is 8.57. The highest BCUT2D eigenvalue weighted by Crippen LogP contribution is 2.44. The molecule has 0 saturated carbocycles. The molecule has 0 unspecified atom stereocenters. The van der Waals surface area contributed by atoms with E-state index in [1.807, 2.05) is 62.4 Å². The molecule has 10 nitrogen and oxygen atoms in total. The summed E-state index contributed by atoms with van der Waals surface area (Å²) in [6.07, 6.45) is -1.84. The van der Waals surface area contributed by atoms with Crippen LogP contribution in [0, 0.1) is 11.8 Å². The first-order valence-electron chi connectivity index (χ1n) is 15.1. The molecular weight excluding hydrogens is 612 g/mol. The van der Waals surface area contributed by atoms with Gasteiger partial charge in [0.05, 0.1) is 18.1 Å². The average Bonchev–Trinajstić information content (AvgIpc) is 3.35. The zero-order valence-electron chi connectivity index (χ0n) is 26.2. The average molecular weight is 651 g/mol. The number of methoxy groups -OCH3 is 1. The molecule has 0 heterocycles. The van der Waals surface area contributed by atoms with Gasteiger partial charge in [-0.3, -0.25) is 9.59 Å². The van der Waals surface area contributed by atoms with E-state index in [-0.39, 0.29) is 37.8 Å². The maximum absolute atomic E-state index is 13.4. The Morgan fingerprint density at radius 2 is 1.57 bits per heavy atom. The summed E-state index contributed by atoms with van der Waals surface area (Å²) in [6.45, 7) is 5.10. The fraction of sp³-hybridized carbons (Fsp3) is 0.371. The number of carboxylic acids is 1. The number of benzene rings is 3. The lowest BCUT2D eigenvalue weighted by Crippen LogP contribution is -2.49. The monoisotopic (exact) mass is 650 g/mol. The van der Waals surface area contributed by atoms with Crippen LogP contribution in [-0.2, 0) is 30.3 Å². The van der Waals surface area contributed by atoms with E-state index in [0.29, 0.717) is 16.3 Å². The Hall–Kier alpha value is -4.57. The van der Waals surface area contributed by atoms with Crippen molar-refractivity contribution in [1.82, 2.24) is 10.6 Å². The number of carbonyl (C=O) groups is 4. The molecule has 0 saturated heterocycles. The summed E-state index contributed by atoms with van der Waals surface area (Å²) in [5.41, 5.74) is 4.94. The summed E-state index contributed by atoms with van der Waals surface area (Å²) in [5.74, 6) is -3.11. The molecule has 3 aromatic rings. The molecule has 0 radical (unpaired) electrons. The van der Waals surface area contributed by atoms with E-state index in [4.69, 9.17) is 25.8 Å². The number of halogens is 1. The number of hydrogen-bond acceptors (Lipinski definition) is 7. The van der Waals surface area contributed by atoms with Crippen molar-refractivity contribution in [3.8, 4) is 16.9 Å². The summed E-state index contributed by atoms with van der Waals surface area (Å²) >= 11 is 6.31. The van der Waals surface area contributed by atoms with Gasteiger partial charge in [-0.25, -0.2) is 9.59 Å². The highest BCUT2D eigenvalue weighted by atomic mass is 35.5. The lowest BCUT2D eigenvalue weighted by atomic mass is 9.98. The van der Waals surface area contributed by atoms with Crippen molar-refractivity contribution < 1.29 is 38.5 Å². The van der Waals surface area contributed by atoms with E-state index in [1.54, 1.807) is 18.2 Å². The highest BCUT2D eigenvalue weighted by Gasteiger charge is 2.31. The zero-order valence-corrected chi connectivity index (χ0v) is 27.0. The maximum Gasteiger partial charge on any atom is 0.407 e. The number of alkyl carbamates (subject to hydrolysis) is 1. The molecule has 11 heteroatoms. The molecule has 0 aliphatic heterocycles. The minimum atomic E-state index is -1.28.